The number of carboxylic acid groups (broad SMARTS) is 1. The van der Waals surface area contributed by atoms with Crippen molar-refractivity contribution in [1.82, 2.24) is 0 Å². The predicted molar refractivity (Wildman–Crippen MR) is 68.8 cm³/mol. The van der Waals surface area contributed by atoms with Gasteiger partial charge in [0.2, 0.25) is 0 Å². The van der Waals surface area contributed by atoms with Gasteiger partial charge in [-0.2, -0.15) is 0 Å². The lowest BCUT2D eigenvalue weighted by Crippen LogP contribution is -3.13. The summed E-state index contributed by atoms with van der Waals surface area (Å²) in [7, 11) is 0. The molecule has 2 unspecified atom stereocenters. The van der Waals surface area contributed by atoms with Gasteiger partial charge in [0.1, 0.15) is 0 Å². The average molecular weight is 243 g/mol. The van der Waals surface area contributed by atoms with Crippen LogP contribution in [0, 0.1) is 0 Å². The average Bonchev–Trinajstić information content (AvgIpc) is 2.70. The fraction of sp³-hybridized carbons (Fsp3) is 0.929. The lowest BCUT2D eigenvalue weighted by molar-refractivity contribution is -0.912. The van der Waals surface area contributed by atoms with Crippen molar-refractivity contribution < 1.29 is 14.8 Å². The van der Waals surface area contributed by atoms with E-state index in [-0.39, 0.29) is 0 Å². The predicted octanol–water partition coefficient (Wildman–Crippen LogP) is 0.780. The quantitative estimate of drug-likeness (QED) is 0.749. The van der Waals surface area contributed by atoms with Crippen molar-refractivity contribution in [2.45, 2.75) is 71.8 Å². The van der Waals surface area contributed by atoms with Gasteiger partial charge in [-0.25, -0.2) is 0 Å². The second kappa shape index (κ2) is 10.6. The third kappa shape index (κ3) is 9.16. The van der Waals surface area contributed by atoms with Crippen LogP contribution >= 0.6 is 0 Å². The summed E-state index contributed by atoms with van der Waals surface area (Å²) in [5.74, 6) is -1.08. The molecule has 1 aliphatic heterocycles. The normalized spacial score (nSPS) is 23.0. The molecule has 1 fully saturated rings. The minimum absolute atomic E-state index is 0.972. The lowest BCUT2D eigenvalue weighted by atomic mass is 10.1. The van der Waals surface area contributed by atoms with Crippen molar-refractivity contribution in [1.29, 1.82) is 0 Å². The highest BCUT2D eigenvalue weighted by Crippen LogP contribution is 2.08. The number of unbranched alkanes of at least 4 members (excludes halogenated alkanes) is 2. The van der Waals surface area contributed by atoms with Crippen LogP contribution in [0.3, 0.4) is 0 Å². The van der Waals surface area contributed by atoms with Crippen LogP contribution in [-0.4, -0.2) is 25.1 Å². The number of nitrogens with one attached hydrogen (secondary N) is 1. The molecule has 1 saturated heterocycles. The van der Waals surface area contributed by atoms with Crippen molar-refractivity contribution in [3.8, 4) is 0 Å². The molecule has 1 rings (SSSR count). The summed E-state index contributed by atoms with van der Waals surface area (Å²) in [6.07, 6.45) is 10.1. The number of hydrogen-bond donors (Lipinski definition) is 1. The van der Waals surface area contributed by atoms with Crippen LogP contribution in [0.4, 0.5) is 0 Å². The molecule has 17 heavy (non-hydrogen) atoms. The second-order valence-electron chi connectivity index (χ2n) is 4.98. The summed E-state index contributed by atoms with van der Waals surface area (Å²) in [6.45, 7) is 8.47. The molecule has 0 aromatic rings. The monoisotopic (exact) mass is 243 g/mol. The number of hydrogen-bond acceptors (Lipinski definition) is 2. The number of quaternary nitrogens is 1. The first-order valence-electron chi connectivity index (χ1n) is 7.13. The van der Waals surface area contributed by atoms with Crippen molar-refractivity contribution >= 4 is 5.97 Å². The zero-order valence-corrected chi connectivity index (χ0v) is 11.8. The van der Waals surface area contributed by atoms with E-state index in [0.29, 0.717) is 0 Å². The van der Waals surface area contributed by atoms with Crippen LogP contribution in [0.1, 0.15) is 65.7 Å². The maximum absolute atomic E-state index is 8.89. The van der Waals surface area contributed by atoms with Crippen LogP contribution in [0.2, 0.25) is 0 Å². The molecule has 0 amide bonds. The summed E-state index contributed by atoms with van der Waals surface area (Å²) in [5, 5.41) is 8.89. The Morgan fingerprint density at radius 1 is 1.29 bits per heavy atom. The topological polar surface area (TPSA) is 44.6 Å². The third-order valence-corrected chi connectivity index (χ3v) is 3.39. The van der Waals surface area contributed by atoms with E-state index >= 15 is 0 Å². The van der Waals surface area contributed by atoms with Gasteiger partial charge in [-0.15, -0.1) is 0 Å². The Kier molecular flexibility index (Phi) is 10.2. The maximum Gasteiger partial charge on any atom is 0.0876 e. The fourth-order valence-electron chi connectivity index (χ4n) is 2.52. The fourth-order valence-corrected chi connectivity index (χ4v) is 2.52. The molecule has 1 aliphatic rings. The highest BCUT2D eigenvalue weighted by Gasteiger charge is 2.26. The minimum Gasteiger partial charge on any atom is -0.550 e. The van der Waals surface area contributed by atoms with E-state index in [1.54, 1.807) is 0 Å². The molecule has 0 spiro atoms. The van der Waals surface area contributed by atoms with Gasteiger partial charge >= 0.3 is 0 Å². The minimum atomic E-state index is -1.08. The molecule has 1 N–H and O–H groups in total. The van der Waals surface area contributed by atoms with Crippen LogP contribution in [0.5, 0.6) is 0 Å². The van der Waals surface area contributed by atoms with Crippen molar-refractivity contribution in [3.63, 3.8) is 0 Å². The molecule has 1 heterocycles. The number of likely N-dealkylation sites (tertiary alicyclic amines) is 1. The Morgan fingerprint density at radius 3 is 2.41 bits per heavy atom. The Labute approximate surface area is 106 Å². The first kappa shape index (κ1) is 16.4. The van der Waals surface area contributed by atoms with Gasteiger partial charge in [-0.3, -0.25) is 0 Å². The Morgan fingerprint density at radius 2 is 1.88 bits per heavy atom. The molecule has 3 heteroatoms. The van der Waals surface area contributed by atoms with E-state index in [9.17, 15) is 0 Å². The largest absolute Gasteiger partial charge is 0.550 e. The molecule has 0 radical (unpaired) electrons. The highest BCUT2D eigenvalue weighted by atomic mass is 16.4. The molecule has 2 atom stereocenters. The summed E-state index contributed by atoms with van der Waals surface area (Å²) in [5.41, 5.74) is 0. The zero-order chi connectivity index (χ0) is 13.1. The Bertz CT molecular complexity index is 177. The van der Waals surface area contributed by atoms with Gasteiger partial charge < -0.3 is 14.8 Å². The SMILES string of the molecule is CC(=O)[O-].CCCCC1CCC[NH+]1CCCC. The van der Waals surface area contributed by atoms with Gasteiger partial charge in [0.25, 0.3) is 0 Å². The maximum atomic E-state index is 8.89. The van der Waals surface area contributed by atoms with Gasteiger partial charge in [-0.1, -0.05) is 26.7 Å². The molecule has 0 bridgehead atoms. The summed E-state index contributed by atoms with van der Waals surface area (Å²) >= 11 is 0. The van der Waals surface area contributed by atoms with Crippen LogP contribution in [-0.2, 0) is 4.79 Å². The highest BCUT2D eigenvalue weighted by molar-refractivity contribution is 5.60. The van der Waals surface area contributed by atoms with Crippen molar-refractivity contribution in [3.05, 3.63) is 0 Å². The lowest BCUT2D eigenvalue weighted by Gasteiger charge is -2.21. The van der Waals surface area contributed by atoms with Crippen LogP contribution in [0.25, 0.3) is 0 Å². The number of carbonyl (C=O) groups is 1. The summed E-state index contributed by atoms with van der Waals surface area (Å²) in [4.78, 5) is 10.8. The van der Waals surface area contributed by atoms with Crippen LogP contribution < -0.4 is 10.0 Å². The summed E-state index contributed by atoms with van der Waals surface area (Å²) in [6, 6.07) is 1.02. The smallest absolute Gasteiger partial charge is 0.0876 e. The number of aliphatic carboxylic acids is 1. The second-order valence-corrected chi connectivity index (χ2v) is 4.98. The van der Waals surface area contributed by atoms with E-state index in [0.717, 1.165) is 13.0 Å². The first-order valence-corrected chi connectivity index (χ1v) is 7.13. The first-order chi connectivity index (χ1) is 8.11. The van der Waals surface area contributed by atoms with Crippen molar-refractivity contribution in [2.24, 2.45) is 0 Å². The van der Waals surface area contributed by atoms with E-state index in [1.165, 1.54) is 58.0 Å². The molecule has 0 aromatic heterocycles. The number of carbonyl (C=O) groups excluding carboxylic acids is 1. The Balaban J connectivity index is 0.000000557. The van der Waals surface area contributed by atoms with E-state index in [2.05, 4.69) is 13.8 Å². The molecule has 0 aliphatic carbocycles. The van der Waals surface area contributed by atoms with Gasteiger partial charge in [0.05, 0.1) is 19.1 Å². The van der Waals surface area contributed by atoms with E-state index < -0.39 is 5.97 Å². The standard InChI is InChI=1S/C12H25N.C2H4O2/c1-3-5-8-12-9-7-11-13(12)10-6-4-2;1-2(3)4/h12H,3-11H2,1-2H3;1H3,(H,3,4). The molecule has 102 valence electrons. The van der Waals surface area contributed by atoms with Crippen LogP contribution in [0.15, 0.2) is 0 Å². The molecular formula is C14H29NO2. The van der Waals surface area contributed by atoms with Gasteiger partial charge in [-0.05, 0) is 26.2 Å². The third-order valence-electron chi connectivity index (χ3n) is 3.39. The van der Waals surface area contributed by atoms with Gasteiger partial charge in [0.15, 0.2) is 0 Å². The number of rotatable bonds is 6. The molecule has 0 saturated carbocycles. The van der Waals surface area contributed by atoms with E-state index in [4.69, 9.17) is 9.90 Å². The zero-order valence-electron chi connectivity index (χ0n) is 11.8. The van der Waals surface area contributed by atoms with Gasteiger partial charge in [0, 0.05) is 18.8 Å². The molecule has 0 aromatic carbocycles. The van der Waals surface area contributed by atoms with Crippen molar-refractivity contribution in [2.75, 3.05) is 13.1 Å². The molecular weight excluding hydrogens is 214 g/mol. The van der Waals surface area contributed by atoms with E-state index in [1.807, 2.05) is 4.90 Å². The molecule has 3 nitrogen and oxygen atoms in total. The Hall–Kier alpha value is -0.570. The summed E-state index contributed by atoms with van der Waals surface area (Å²) < 4.78 is 0. The number of carboxylic acids is 1.